The molecule has 0 spiro atoms. The molecule has 2 heterocycles. The number of benzene rings is 2. The summed E-state index contributed by atoms with van der Waals surface area (Å²) in [6.45, 7) is 0.325. The second-order valence-corrected chi connectivity index (χ2v) is 8.09. The quantitative estimate of drug-likeness (QED) is 0.344. The van der Waals surface area contributed by atoms with Crippen LogP contribution in [0.3, 0.4) is 0 Å². The van der Waals surface area contributed by atoms with E-state index >= 15 is 0 Å². The molecule has 2 aromatic carbocycles. The van der Waals surface area contributed by atoms with Gasteiger partial charge in [-0.3, -0.25) is 9.59 Å². The van der Waals surface area contributed by atoms with Crippen molar-refractivity contribution in [2.45, 2.75) is 25.4 Å². The van der Waals surface area contributed by atoms with Crippen LogP contribution in [-0.2, 0) is 6.54 Å². The Kier molecular flexibility index (Phi) is 6.77. The Morgan fingerprint density at radius 3 is 2.20 bits per heavy atom. The number of carbonyl (C=O) groups is 2. The number of amides is 1. The molecular formula is C26H23N3O6. The van der Waals surface area contributed by atoms with Crippen molar-refractivity contribution in [2.24, 2.45) is 0 Å². The molecule has 1 aliphatic rings. The van der Waals surface area contributed by atoms with Crippen molar-refractivity contribution in [1.82, 2.24) is 14.9 Å². The van der Waals surface area contributed by atoms with Crippen molar-refractivity contribution in [3.05, 3.63) is 94.5 Å². The Bertz CT molecular complexity index is 1430. The maximum atomic E-state index is 13.4. The van der Waals surface area contributed by atoms with Gasteiger partial charge in [-0.1, -0.05) is 60.7 Å². The molecule has 4 N–H and O–H groups in total. The van der Waals surface area contributed by atoms with Gasteiger partial charge in [0.05, 0.1) is 18.3 Å². The minimum Gasteiger partial charge on any atom is -0.505 e. The van der Waals surface area contributed by atoms with E-state index < -0.39 is 12.1 Å². The molecule has 5 rings (SSSR count). The molecule has 0 bridgehead atoms. The van der Waals surface area contributed by atoms with E-state index in [0.29, 0.717) is 23.0 Å². The van der Waals surface area contributed by atoms with Crippen LogP contribution in [0.4, 0.5) is 4.79 Å². The van der Waals surface area contributed by atoms with Crippen LogP contribution in [-0.4, -0.2) is 43.0 Å². The van der Waals surface area contributed by atoms with Crippen LogP contribution in [0.15, 0.2) is 77.7 Å². The molecule has 0 radical (unpaired) electrons. The van der Waals surface area contributed by atoms with Crippen LogP contribution in [0.25, 0.3) is 22.0 Å². The third kappa shape index (κ3) is 5.47. The summed E-state index contributed by atoms with van der Waals surface area (Å²) in [5.41, 5.74) is 2.43. The zero-order valence-electron chi connectivity index (χ0n) is 18.6. The average molecular weight is 473 g/mol. The molecule has 0 unspecified atom stereocenters. The molecule has 35 heavy (non-hydrogen) atoms. The number of carbonyl (C=O) groups excluding carboxylic acids is 1. The summed E-state index contributed by atoms with van der Waals surface area (Å²) in [6, 6.07) is 20.8. The van der Waals surface area contributed by atoms with E-state index in [1.807, 2.05) is 60.7 Å². The number of nitrogens with zero attached hydrogens (tertiary/aromatic N) is 2. The summed E-state index contributed by atoms with van der Waals surface area (Å²) in [5.74, 6) is -0.612. The molecule has 4 aromatic rings. The first-order valence-electron chi connectivity index (χ1n) is 10.9. The first kappa shape index (κ1) is 23.5. The Balaban J connectivity index is 0.000000672. The van der Waals surface area contributed by atoms with Crippen LogP contribution < -0.4 is 10.9 Å². The zero-order valence-corrected chi connectivity index (χ0v) is 18.6. The average Bonchev–Trinajstić information content (AvgIpc) is 3.66. The van der Waals surface area contributed by atoms with Crippen molar-refractivity contribution < 1.29 is 24.9 Å². The fraction of sp³-hybridized carbons (Fsp3) is 0.154. The molecule has 9 nitrogen and oxygen atoms in total. The molecule has 178 valence electrons. The van der Waals surface area contributed by atoms with Gasteiger partial charge >= 0.3 is 6.16 Å². The number of carboxylic acid groups (broad SMARTS) is 2. The number of fused-ring (bicyclic) bond motifs is 1. The Morgan fingerprint density at radius 1 is 1.00 bits per heavy atom. The summed E-state index contributed by atoms with van der Waals surface area (Å²) in [6.07, 6.45) is 1.54. The van der Waals surface area contributed by atoms with Crippen LogP contribution in [0, 0.1) is 0 Å². The summed E-state index contributed by atoms with van der Waals surface area (Å²) in [5, 5.41) is 28.2. The van der Waals surface area contributed by atoms with Gasteiger partial charge in [0, 0.05) is 17.0 Å². The molecule has 1 amide bonds. The highest BCUT2D eigenvalue weighted by atomic mass is 16.6. The summed E-state index contributed by atoms with van der Waals surface area (Å²) < 4.78 is 1.60. The number of aromatic nitrogens is 2. The maximum Gasteiger partial charge on any atom is 0.503 e. The van der Waals surface area contributed by atoms with E-state index in [4.69, 9.17) is 15.0 Å². The zero-order chi connectivity index (χ0) is 24.9. The molecular weight excluding hydrogens is 450 g/mol. The van der Waals surface area contributed by atoms with Gasteiger partial charge in [0.1, 0.15) is 0 Å². The van der Waals surface area contributed by atoms with Crippen molar-refractivity contribution in [2.75, 3.05) is 0 Å². The van der Waals surface area contributed by atoms with E-state index in [9.17, 15) is 14.7 Å². The van der Waals surface area contributed by atoms with E-state index in [2.05, 4.69) is 10.3 Å². The Morgan fingerprint density at radius 2 is 1.60 bits per heavy atom. The first-order chi connectivity index (χ1) is 16.8. The number of pyridine rings is 2. The highest BCUT2D eigenvalue weighted by molar-refractivity contribution is 6.01. The number of nitrogens with one attached hydrogen (secondary N) is 1. The molecule has 1 fully saturated rings. The van der Waals surface area contributed by atoms with Gasteiger partial charge < -0.3 is 25.2 Å². The summed E-state index contributed by atoms with van der Waals surface area (Å²) in [4.78, 5) is 38.8. The summed E-state index contributed by atoms with van der Waals surface area (Å²) >= 11 is 0. The second-order valence-electron chi connectivity index (χ2n) is 8.09. The van der Waals surface area contributed by atoms with Crippen molar-refractivity contribution in [1.29, 1.82) is 0 Å². The lowest BCUT2D eigenvalue weighted by Gasteiger charge is -2.15. The highest BCUT2D eigenvalue weighted by Crippen LogP contribution is 2.30. The normalized spacial score (nSPS) is 12.5. The van der Waals surface area contributed by atoms with Crippen LogP contribution in [0.2, 0.25) is 0 Å². The predicted octanol–water partition coefficient (Wildman–Crippen LogP) is 3.93. The van der Waals surface area contributed by atoms with Crippen LogP contribution in [0.1, 0.15) is 28.9 Å². The van der Waals surface area contributed by atoms with Gasteiger partial charge in [-0.2, -0.15) is 0 Å². The second kappa shape index (κ2) is 10.1. The van der Waals surface area contributed by atoms with Gasteiger partial charge in [-0.15, -0.1) is 0 Å². The fourth-order valence-electron chi connectivity index (χ4n) is 3.72. The third-order valence-corrected chi connectivity index (χ3v) is 5.52. The molecule has 0 aliphatic heterocycles. The summed E-state index contributed by atoms with van der Waals surface area (Å²) in [7, 11) is 0. The lowest BCUT2D eigenvalue weighted by Crippen LogP contribution is -2.27. The van der Waals surface area contributed by atoms with Crippen molar-refractivity contribution in [3.8, 4) is 16.9 Å². The largest absolute Gasteiger partial charge is 0.505 e. The fourth-order valence-corrected chi connectivity index (χ4v) is 3.72. The molecule has 2 aromatic heterocycles. The minimum atomic E-state index is -1.83. The number of hydrogen-bond donors (Lipinski definition) is 4. The van der Waals surface area contributed by atoms with Crippen molar-refractivity contribution in [3.63, 3.8) is 0 Å². The molecule has 0 atom stereocenters. The smallest absolute Gasteiger partial charge is 0.503 e. The van der Waals surface area contributed by atoms with E-state index in [0.717, 1.165) is 24.0 Å². The molecule has 1 saturated carbocycles. The maximum absolute atomic E-state index is 13.4. The third-order valence-electron chi connectivity index (χ3n) is 5.52. The molecule has 0 saturated heterocycles. The molecule has 1 aliphatic carbocycles. The minimum absolute atomic E-state index is 0.0247. The van der Waals surface area contributed by atoms with Gasteiger partial charge in [0.2, 0.25) is 0 Å². The monoisotopic (exact) mass is 473 g/mol. The highest BCUT2D eigenvalue weighted by Gasteiger charge is 2.27. The van der Waals surface area contributed by atoms with E-state index in [1.54, 1.807) is 10.6 Å². The van der Waals surface area contributed by atoms with Gasteiger partial charge in [0.25, 0.3) is 11.5 Å². The molecule has 9 heteroatoms. The lowest BCUT2D eigenvalue weighted by atomic mass is 10.0. The standard InChI is InChI=1S/C25H21N3O3.CH2O3/c29-23-20-13-19(17-9-5-2-6-10-17)25(31)28(15-16-7-3-1-4-8-16)21(20)14-26-22(23)24(30)27-18-11-12-18;2-1(3)4/h1-10,13-14,18,29H,11-12,15H2,(H,27,30);(H2,2,3,4). The number of aromatic hydroxyl groups is 1. The van der Waals surface area contributed by atoms with Crippen molar-refractivity contribution >= 4 is 23.0 Å². The van der Waals surface area contributed by atoms with Gasteiger partial charge in [0.15, 0.2) is 11.4 Å². The van der Waals surface area contributed by atoms with Gasteiger partial charge in [-0.05, 0) is 30.0 Å². The SMILES string of the molecule is O=C(NC1CC1)c1ncc2c(cc(-c3ccccc3)c(=O)n2Cc2ccccc2)c1O.O=C(O)O. The van der Waals surface area contributed by atoms with E-state index in [-0.39, 0.29) is 23.0 Å². The Labute approximate surface area is 199 Å². The Hall–Kier alpha value is -4.66. The topological polar surface area (TPSA) is 142 Å². The first-order valence-corrected chi connectivity index (χ1v) is 10.9. The van der Waals surface area contributed by atoms with Crippen LogP contribution >= 0.6 is 0 Å². The predicted molar refractivity (Wildman–Crippen MR) is 130 cm³/mol. The lowest BCUT2D eigenvalue weighted by molar-refractivity contribution is 0.0943. The number of hydrogen-bond acceptors (Lipinski definition) is 5. The van der Waals surface area contributed by atoms with E-state index in [1.165, 1.54) is 6.20 Å². The van der Waals surface area contributed by atoms with Gasteiger partial charge in [-0.25, -0.2) is 9.78 Å². The number of rotatable bonds is 5. The van der Waals surface area contributed by atoms with Crippen LogP contribution in [0.5, 0.6) is 5.75 Å².